The van der Waals surface area contributed by atoms with Crippen molar-refractivity contribution in [2.45, 2.75) is 5.54 Å². The zero-order valence-corrected chi connectivity index (χ0v) is 6.83. The minimum atomic E-state index is -0.707. The zero-order valence-electron chi connectivity index (χ0n) is 6.83. The monoisotopic (exact) mass is 184 g/mol. The SMILES string of the molecule is NC1(c2cc(F)c(O)cn2)COC1. The number of hydrogen-bond donors (Lipinski definition) is 2. The molecule has 4 nitrogen and oxygen atoms in total. The Morgan fingerprint density at radius 1 is 1.62 bits per heavy atom. The molecule has 0 aromatic carbocycles. The molecule has 1 aliphatic rings. The lowest BCUT2D eigenvalue weighted by Gasteiger charge is -2.36. The van der Waals surface area contributed by atoms with E-state index in [-0.39, 0.29) is 0 Å². The minimum Gasteiger partial charge on any atom is -0.504 e. The number of nitrogens with zero attached hydrogens (tertiary/aromatic N) is 1. The summed E-state index contributed by atoms with van der Waals surface area (Å²) >= 11 is 0. The Hall–Kier alpha value is -1.20. The second-order valence-electron chi connectivity index (χ2n) is 3.17. The van der Waals surface area contributed by atoms with Gasteiger partial charge in [-0.25, -0.2) is 4.39 Å². The summed E-state index contributed by atoms with van der Waals surface area (Å²) in [7, 11) is 0. The molecule has 0 aliphatic carbocycles. The molecule has 0 amide bonds. The van der Waals surface area contributed by atoms with E-state index in [2.05, 4.69) is 4.98 Å². The first-order valence-electron chi connectivity index (χ1n) is 3.83. The lowest BCUT2D eigenvalue weighted by Crippen LogP contribution is -2.54. The topological polar surface area (TPSA) is 68.4 Å². The van der Waals surface area contributed by atoms with Crippen LogP contribution in [-0.4, -0.2) is 23.3 Å². The number of halogens is 1. The Morgan fingerprint density at radius 2 is 2.31 bits per heavy atom. The molecule has 1 fully saturated rings. The number of nitrogens with two attached hydrogens (primary N) is 1. The number of aromatic hydroxyl groups is 1. The lowest BCUT2D eigenvalue weighted by atomic mass is 9.94. The van der Waals surface area contributed by atoms with Crippen LogP contribution in [-0.2, 0) is 10.3 Å². The third-order valence-corrected chi connectivity index (χ3v) is 2.06. The number of aromatic nitrogens is 1. The molecular formula is C8H9FN2O2. The van der Waals surface area contributed by atoms with Crippen LogP contribution in [0, 0.1) is 5.82 Å². The smallest absolute Gasteiger partial charge is 0.169 e. The third-order valence-electron chi connectivity index (χ3n) is 2.06. The molecule has 0 spiro atoms. The first-order chi connectivity index (χ1) is 6.12. The molecule has 70 valence electrons. The van der Waals surface area contributed by atoms with Gasteiger partial charge in [0.1, 0.15) is 5.54 Å². The van der Waals surface area contributed by atoms with Gasteiger partial charge in [-0.15, -0.1) is 0 Å². The Balaban J connectivity index is 2.36. The Kier molecular flexibility index (Phi) is 1.71. The van der Waals surface area contributed by atoms with Crippen molar-refractivity contribution in [3.63, 3.8) is 0 Å². The van der Waals surface area contributed by atoms with Gasteiger partial charge in [-0.2, -0.15) is 0 Å². The van der Waals surface area contributed by atoms with Crippen LogP contribution in [0.5, 0.6) is 5.75 Å². The van der Waals surface area contributed by atoms with Crippen molar-refractivity contribution in [1.29, 1.82) is 0 Å². The van der Waals surface area contributed by atoms with Crippen LogP contribution in [0.3, 0.4) is 0 Å². The molecule has 1 aliphatic heterocycles. The van der Waals surface area contributed by atoms with Gasteiger partial charge in [0.25, 0.3) is 0 Å². The molecule has 13 heavy (non-hydrogen) atoms. The van der Waals surface area contributed by atoms with Crippen LogP contribution in [0.2, 0.25) is 0 Å². The van der Waals surface area contributed by atoms with E-state index >= 15 is 0 Å². The Labute approximate surface area is 74.2 Å². The standard InChI is InChI=1S/C8H9FN2O2/c9-5-1-7(11-2-6(5)12)8(10)3-13-4-8/h1-2,12H,3-4,10H2. The summed E-state index contributed by atoms with van der Waals surface area (Å²) in [5.74, 6) is -1.17. The van der Waals surface area contributed by atoms with Crippen LogP contribution in [0.25, 0.3) is 0 Å². The molecule has 0 bridgehead atoms. The molecule has 5 heteroatoms. The van der Waals surface area contributed by atoms with E-state index in [1.807, 2.05) is 0 Å². The maximum atomic E-state index is 12.9. The van der Waals surface area contributed by atoms with Gasteiger partial charge in [0.2, 0.25) is 0 Å². The second-order valence-corrected chi connectivity index (χ2v) is 3.17. The predicted molar refractivity (Wildman–Crippen MR) is 42.5 cm³/mol. The molecule has 1 aromatic heterocycles. The normalized spacial score (nSPS) is 19.5. The van der Waals surface area contributed by atoms with Gasteiger partial charge in [-0.3, -0.25) is 4.98 Å². The molecular weight excluding hydrogens is 175 g/mol. The maximum Gasteiger partial charge on any atom is 0.169 e. The van der Waals surface area contributed by atoms with E-state index in [4.69, 9.17) is 15.6 Å². The average molecular weight is 184 g/mol. The first kappa shape index (κ1) is 8.40. The largest absolute Gasteiger partial charge is 0.504 e. The van der Waals surface area contributed by atoms with Crippen LogP contribution in [0.4, 0.5) is 4.39 Å². The molecule has 1 saturated heterocycles. The van der Waals surface area contributed by atoms with E-state index in [1.165, 1.54) is 0 Å². The number of hydrogen-bond acceptors (Lipinski definition) is 4. The van der Waals surface area contributed by atoms with Crippen molar-refractivity contribution in [3.8, 4) is 5.75 Å². The fourth-order valence-corrected chi connectivity index (χ4v) is 1.17. The van der Waals surface area contributed by atoms with Crippen LogP contribution in [0.1, 0.15) is 5.69 Å². The predicted octanol–water partition coefficient (Wildman–Crippen LogP) is 0.110. The number of ether oxygens (including phenoxy) is 1. The summed E-state index contributed by atoms with van der Waals surface area (Å²) < 4.78 is 17.8. The summed E-state index contributed by atoms with van der Waals surface area (Å²) in [5, 5.41) is 8.89. The Bertz CT molecular complexity index is 339. The second kappa shape index (κ2) is 2.65. The molecule has 0 saturated carbocycles. The van der Waals surface area contributed by atoms with E-state index in [0.717, 1.165) is 12.3 Å². The zero-order chi connectivity index (χ0) is 9.47. The summed E-state index contributed by atoms with van der Waals surface area (Å²) in [6.07, 6.45) is 1.05. The van der Waals surface area contributed by atoms with Crippen LogP contribution in [0.15, 0.2) is 12.3 Å². The molecule has 1 aromatic rings. The van der Waals surface area contributed by atoms with Crippen molar-refractivity contribution in [2.75, 3.05) is 13.2 Å². The van der Waals surface area contributed by atoms with E-state index in [1.54, 1.807) is 0 Å². The van der Waals surface area contributed by atoms with Crippen LogP contribution < -0.4 is 5.73 Å². The summed E-state index contributed by atoms with van der Waals surface area (Å²) in [5.41, 5.74) is 5.53. The molecule has 0 atom stereocenters. The van der Waals surface area contributed by atoms with Crippen molar-refractivity contribution in [1.82, 2.24) is 4.98 Å². The number of pyridine rings is 1. The van der Waals surface area contributed by atoms with E-state index in [0.29, 0.717) is 18.9 Å². The van der Waals surface area contributed by atoms with Gasteiger partial charge in [0.05, 0.1) is 25.1 Å². The summed E-state index contributed by atoms with van der Waals surface area (Å²) in [4.78, 5) is 3.84. The Morgan fingerprint density at radius 3 is 2.77 bits per heavy atom. The lowest BCUT2D eigenvalue weighted by molar-refractivity contribution is -0.0592. The summed E-state index contributed by atoms with van der Waals surface area (Å²) in [6, 6.07) is 1.14. The third kappa shape index (κ3) is 1.26. The van der Waals surface area contributed by atoms with Crippen molar-refractivity contribution >= 4 is 0 Å². The fraction of sp³-hybridized carbons (Fsp3) is 0.375. The average Bonchev–Trinajstić information content (AvgIpc) is 2.06. The maximum absolute atomic E-state index is 12.9. The van der Waals surface area contributed by atoms with Gasteiger partial charge in [0.15, 0.2) is 11.6 Å². The van der Waals surface area contributed by atoms with Gasteiger partial charge in [0, 0.05) is 6.07 Å². The van der Waals surface area contributed by atoms with Gasteiger partial charge in [-0.05, 0) is 0 Å². The fourth-order valence-electron chi connectivity index (χ4n) is 1.17. The van der Waals surface area contributed by atoms with Gasteiger partial charge >= 0.3 is 0 Å². The molecule has 2 heterocycles. The van der Waals surface area contributed by atoms with Crippen molar-refractivity contribution in [3.05, 3.63) is 23.8 Å². The van der Waals surface area contributed by atoms with Crippen molar-refractivity contribution < 1.29 is 14.2 Å². The highest BCUT2D eigenvalue weighted by atomic mass is 19.1. The summed E-state index contributed by atoms with van der Waals surface area (Å²) in [6.45, 7) is 0.675. The van der Waals surface area contributed by atoms with E-state index < -0.39 is 17.1 Å². The molecule has 0 radical (unpaired) electrons. The highest BCUT2D eigenvalue weighted by Gasteiger charge is 2.37. The van der Waals surface area contributed by atoms with Crippen molar-refractivity contribution in [2.24, 2.45) is 5.73 Å². The highest BCUT2D eigenvalue weighted by Crippen LogP contribution is 2.27. The molecule has 0 unspecified atom stereocenters. The highest BCUT2D eigenvalue weighted by molar-refractivity contribution is 5.26. The number of rotatable bonds is 1. The quantitative estimate of drug-likeness (QED) is 0.650. The van der Waals surface area contributed by atoms with Gasteiger partial charge in [-0.1, -0.05) is 0 Å². The van der Waals surface area contributed by atoms with Gasteiger partial charge < -0.3 is 15.6 Å². The van der Waals surface area contributed by atoms with Crippen LogP contribution >= 0.6 is 0 Å². The molecule has 2 rings (SSSR count). The first-order valence-corrected chi connectivity index (χ1v) is 3.83. The molecule has 3 N–H and O–H groups in total. The van der Waals surface area contributed by atoms with E-state index in [9.17, 15) is 4.39 Å². The minimum absolute atomic E-state index is 0.338.